The van der Waals surface area contributed by atoms with Crippen LogP contribution in [-0.2, 0) is 10.0 Å². The number of ketones is 1. The van der Waals surface area contributed by atoms with Crippen LogP contribution in [0.3, 0.4) is 0 Å². The Hall–Kier alpha value is -3.13. The number of nitrogens with two attached hydrogens (primary N) is 1. The smallest absolute Gasteiger partial charge is 0.261 e. The van der Waals surface area contributed by atoms with E-state index in [4.69, 9.17) is 28.9 Å². The predicted octanol–water partition coefficient (Wildman–Crippen LogP) is 5.16. The molecule has 3 N–H and O–H groups in total. The second-order valence-corrected chi connectivity index (χ2v) is 9.20. The summed E-state index contributed by atoms with van der Waals surface area (Å²) < 4.78 is 28.4. The van der Waals surface area contributed by atoms with E-state index in [1.54, 1.807) is 42.5 Å². The predicted molar refractivity (Wildman–Crippen MR) is 123 cm³/mol. The van der Waals surface area contributed by atoms with Gasteiger partial charge in [-0.1, -0.05) is 53.5 Å². The first-order valence-electron chi connectivity index (χ1n) is 9.03. The lowest BCUT2D eigenvalue weighted by atomic mass is 10.0. The Morgan fingerprint density at radius 3 is 2.32 bits per heavy atom. The van der Waals surface area contributed by atoms with Crippen LogP contribution in [0.5, 0.6) is 0 Å². The van der Waals surface area contributed by atoms with Crippen LogP contribution in [0, 0.1) is 0 Å². The number of nitrogens with zero attached hydrogens (tertiary/aromatic N) is 1. The molecule has 0 bridgehead atoms. The van der Waals surface area contributed by atoms with Gasteiger partial charge in [-0.25, -0.2) is 13.4 Å². The van der Waals surface area contributed by atoms with Crippen molar-refractivity contribution in [2.75, 3.05) is 10.5 Å². The number of nitrogens with one attached hydrogen (secondary N) is 1. The van der Waals surface area contributed by atoms with E-state index < -0.39 is 15.8 Å². The molecule has 0 atom stereocenters. The van der Waals surface area contributed by atoms with Crippen LogP contribution in [-0.4, -0.2) is 19.2 Å². The number of rotatable bonds is 5. The van der Waals surface area contributed by atoms with Crippen LogP contribution in [0.2, 0.25) is 10.0 Å². The number of benzene rings is 3. The second-order valence-electron chi connectivity index (χ2n) is 6.67. The standard InChI is InChI=1S/C22H15Cl2N3O3S/c23-13-10-16(24)21-18(11-13)26-20(22(28)15-8-4-5-9-17(15)25)12-19(21)27-31(29,30)14-6-2-1-3-7-14/h1-12H,25H2,(H,26,27). The van der Waals surface area contributed by atoms with Gasteiger partial charge in [0.2, 0.25) is 5.78 Å². The highest BCUT2D eigenvalue weighted by Gasteiger charge is 2.21. The first kappa shape index (κ1) is 21.1. The zero-order valence-electron chi connectivity index (χ0n) is 15.8. The third-order valence-corrected chi connectivity index (χ3v) is 6.46. The van der Waals surface area contributed by atoms with Crippen molar-refractivity contribution in [1.82, 2.24) is 4.98 Å². The summed E-state index contributed by atoms with van der Waals surface area (Å²) in [6.07, 6.45) is 0. The van der Waals surface area contributed by atoms with Gasteiger partial charge < -0.3 is 5.73 Å². The average molecular weight is 472 g/mol. The van der Waals surface area contributed by atoms with Crippen molar-refractivity contribution >= 4 is 61.3 Å². The van der Waals surface area contributed by atoms with Gasteiger partial charge in [0.25, 0.3) is 10.0 Å². The lowest BCUT2D eigenvalue weighted by Crippen LogP contribution is -2.15. The molecule has 4 aromatic rings. The van der Waals surface area contributed by atoms with E-state index in [0.717, 1.165) is 0 Å². The number of pyridine rings is 1. The fourth-order valence-electron chi connectivity index (χ4n) is 3.13. The summed E-state index contributed by atoms with van der Waals surface area (Å²) in [6.45, 7) is 0. The SMILES string of the molecule is Nc1ccccc1C(=O)c1cc(NS(=O)(=O)c2ccccc2)c2c(Cl)cc(Cl)cc2n1. The van der Waals surface area contributed by atoms with Crippen molar-refractivity contribution in [3.8, 4) is 0 Å². The highest BCUT2D eigenvalue weighted by atomic mass is 35.5. The second kappa shape index (κ2) is 8.19. The summed E-state index contributed by atoms with van der Waals surface area (Å²) in [7, 11) is -3.95. The Balaban J connectivity index is 1.91. The molecule has 0 unspecified atom stereocenters. The summed E-state index contributed by atoms with van der Waals surface area (Å²) in [6, 6.07) is 18.7. The van der Waals surface area contributed by atoms with Crippen molar-refractivity contribution < 1.29 is 13.2 Å². The van der Waals surface area contributed by atoms with Gasteiger partial charge in [0.05, 0.1) is 21.1 Å². The summed E-state index contributed by atoms with van der Waals surface area (Å²) >= 11 is 12.5. The third-order valence-electron chi connectivity index (χ3n) is 4.56. The molecule has 0 fully saturated rings. The maximum absolute atomic E-state index is 13.1. The zero-order chi connectivity index (χ0) is 22.2. The highest BCUT2D eigenvalue weighted by molar-refractivity contribution is 7.92. The molecule has 0 saturated carbocycles. The van der Waals surface area contributed by atoms with Gasteiger partial charge >= 0.3 is 0 Å². The fourth-order valence-corrected chi connectivity index (χ4v) is 4.80. The van der Waals surface area contributed by atoms with Gasteiger partial charge in [0, 0.05) is 21.7 Å². The van der Waals surface area contributed by atoms with E-state index in [-0.39, 0.29) is 38.1 Å². The summed E-state index contributed by atoms with van der Waals surface area (Å²) in [4.78, 5) is 17.5. The number of para-hydroxylation sites is 1. The molecule has 3 aromatic carbocycles. The Labute approximate surface area is 188 Å². The quantitative estimate of drug-likeness (QED) is 0.309. The minimum atomic E-state index is -3.95. The van der Waals surface area contributed by atoms with Crippen molar-refractivity contribution in [2.45, 2.75) is 4.90 Å². The minimum absolute atomic E-state index is 0.00510. The van der Waals surface area contributed by atoms with E-state index in [1.807, 2.05) is 0 Å². The molecule has 0 saturated heterocycles. The van der Waals surface area contributed by atoms with Crippen LogP contribution in [0.4, 0.5) is 11.4 Å². The van der Waals surface area contributed by atoms with Crippen molar-refractivity contribution in [3.05, 3.63) is 94.1 Å². The number of carbonyl (C=O) groups excluding carboxylic acids is 1. The van der Waals surface area contributed by atoms with Gasteiger partial charge in [-0.3, -0.25) is 9.52 Å². The number of hydrogen-bond donors (Lipinski definition) is 2. The molecule has 9 heteroatoms. The van der Waals surface area contributed by atoms with Gasteiger partial charge in [-0.2, -0.15) is 0 Å². The number of fused-ring (bicyclic) bond motifs is 1. The number of aromatic nitrogens is 1. The average Bonchev–Trinajstić information content (AvgIpc) is 2.73. The van der Waals surface area contributed by atoms with Gasteiger partial charge in [-0.05, 0) is 42.5 Å². The van der Waals surface area contributed by atoms with Crippen LogP contribution in [0.25, 0.3) is 10.9 Å². The van der Waals surface area contributed by atoms with Gasteiger partial charge in [0.15, 0.2) is 0 Å². The Kier molecular flexibility index (Phi) is 5.58. The van der Waals surface area contributed by atoms with E-state index >= 15 is 0 Å². The maximum Gasteiger partial charge on any atom is 0.261 e. The lowest BCUT2D eigenvalue weighted by Gasteiger charge is -2.14. The lowest BCUT2D eigenvalue weighted by molar-refractivity contribution is 0.103. The molecule has 156 valence electrons. The van der Waals surface area contributed by atoms with E-state index in [2.05, 4.69) is 9.71 Å². The molecular formula is C22H15Cl2N3O3S. The fraction of sp³-hybridized carbons (Fsp3) is 0. The first-order chi connectivity index (χ1) is 14.8. The molecule has 0 radical (unpaired) electrons. The minimum Gasteiger partial charge on any atom is -0.398 e. The number of anilines is 2. The normalized spacial score (nSPS) is 11.4. The van der Waals surface area contributed by atoms with Crippen LogP contribution < -0.4 is 10.5 Å². The zero-order valence-corrected chi connectivity index (χ0v) is 18.2. The Morgan fingerprint density at radius 2 is 1.61 bits per heavy atom. The molecule has 6 nitrogen and oxygen atoms in total. The molecule has 4 rings (SSSR count). The molecular weight excluding hydrogens is 457 g/mol. The van der Waals surface area contributed by atoms with Crippen LogP contribution >= 0.6 is 23.2 Å². The van der Waals surface area contributed by atoms with Crippen molar-refractivity contribution in [2.24, 2.45) is 0 Å². The molecule has 0 aliphatic carbocycles. The number of halogens is 2. The van der Waals surface area contributed by atoms with Crippen molar-refractivity contribution in [1.29, 1.82) is 0 Å². The molecule has 0 aliphatic rings. The molecule has 0 aliphatic heterocycles. The first-order valence-corrected chi connectivity index (χ1v) is 11.3. The number of sulfonamides is 1. The summed E-state index contributed by atoms with van der Waals surface area (Å²) in [5.74, 6) is -0.462. The van der Waals surface area contributed by atoms with E-state index in [0.29, 0.717) is 10.4 Å². The van der Waals surface area contributed by atoms with Crippen LogP contribution in [0.15, 0.2) is 77.7 Å². The number of carbonyl (C=O) groups is 1. The van der Waals surface area contributed by atoms with Crippen LogP contribution in [0.1, 0.15) is 16.1 Å². The van der Waals surface area contributed by atoms with E-state index in [1.165, 1.54) is 30.3 Å². The van der Waals surface area contributed by atoms with Gasteiger partial charge in [-0.15, -0.1) is 0 Å². The Bertz CT molecular complexity index is 1430. The van der Waals surface area contributed by atoms with E-state index in [9.17, 15) is 13.2 Å². The summed E-state index contributed by atoms with van der Waals surface area (Å²) in [5.41, 5.74) is 6.83. The number of nitrogen functional groups attached to an aromatic ring is 1. The third kappa shape index (κ3) is 4.20. The topological polar surface area (TPSA) is 102 Å². The largest absolute Gasteiger partial charge is 0.398 e. The van der Waals surface area contributed by atoms with Crippen molar-refractivity contribution in [3.63, 3.8) is 0 Å². The Morgan fingerprint density at radius 1 is 0.935 bits per heavy atom. The molecule has 31 heavy (non-hydrogen) atoms. The monoisotopic (exact) mass is 471 g/mol. The molecule has 1 heterocycles. The molecule has 0 amide bonds. The summed E-state index contributed by atoms with van der Waals surface area (Å²) in [5, 5.41) is 0.813. The highest BCUT2D eigenvalue weighted by Crippen LogP contribution is 2.35. The number of hydrogen-bond acceptors (Lipinski definition) is 5. The maximum atomic E-state index is 13.1. The molecule has 1 aromatic heterocycles. The molecule has 0 spiro atoms. The van der Waals surface area contributed by atoms with Gasteiger partial charge in [0.1, 0.15) is 5.69 Å².